The van der Waals surface area contributed by atoms with E-state index >= 15 is 0 Å². The third-order valence-corrected chi connectivity index (χ3v) is 1.66. The van der Waals surface area contributed by atoms with Gasteiger partial charge in [-0.3, -0.25) is 4.79 Å². The minimum Gasteiger partial charge on any atom is -0.310 e. The summed E-state index contributed by atoms with van der Waals surface area (Å²) in [5, 5.41) is 2.42. The zero-order chi connectivity index (χ0) is 11.5. The van der Waals surface area contributed by atoms with E-state index < -0.39 is 18.3 Å². The number of hydrogen-bond donors (Lipinski definition) is 1. The summed E-state index contributed by atoms with van der Waals surface area (Å²) in [6.07, 6.45) is -0.874. The predicted molar refractivity (Wildman–Crippen MR) is 53.1 cm³/mol. The molecule has 0 saturated heterocycles. The molecule has 15 heavy (non-hydrogen) atoms. The lowest BCUT2D eigenvalue weighted by atomic mass is 10.2. The molecule has 1 aromatic heterocycles. The van der Waals surface area contributed by atoms with Crippen molar-refractivity contribution in [2.24, 2.45) is 0 Å². The van der Waals surface area contributed by atoms with E-state index in [-0.39, 0.29) is 11.0 Å². The Bertz CT molecular complexity index is 365. The van der Waals surface area contributed by atoms with Crippen molar-refractivity contribution in [2.45, 2.75) is 19.3 Å². The standard InChI is InChI=1S/C9H9ClF2N2O/c1-9(11,12)5-8(15)14-7-4-2-3-6(10)13-7/h2-4H,5H2,1H3,(H,13,14,15). The van der Waals surface area contributed by atoms with Gasteiger partial charge in [0.25, 0.3) is 5.92 Å². The summed E-state index contributed by atoms with van der Waals surface area (Å²) in [5.74, 6) is -3.66. The molecule has 1 amide bonds. The summed E-state index contributed by atoms with van der Waals surface area (Å²) in [6.45, 7) is 0.679. The van der Waals surface area contributed by atoms with Crippen molar-refractivity contribution in [3.05, 3.63) is 23.4 Å². The first-order valence-electron chi connectivity index (χ1n) is 4.17. The van der Waals surface area contributed by atoms with Gasteiger partial charge in [0, 0.05) is 0 Å². The maximum absolute atomic E-state index is 12.4. The first kappa shape index (κ1) is 11.8. The van der Waals surface area contributed by atoms with Gasteiger partial charge in [0.05, 0.1) is 6.42 Å². The number of carbonyl (C=O) groups is 1. The predicted octanol–water partition coefficient (Wildman–Crippen LogP) is 2.72. The third kappa shape index (κ3) is 4.69. The number of nitrogens with zero attached hydrogens (tertiary/aromatic N) is 1. The number of pyridine rings is 1. The number of hydrogen-bond acceptors (Lipinski definition) is 2. The highest BCUT2D eigenvalue weighted by molar-refractivity contribution is 6.29. The van der Waals surface area contributed by atoms with Gasteiger partial charge in [-0.1, -0.05) is 17.7 Å². The second-order valence-corrected chi connectivity index (χ2v) is 3.53. The maximum atomic E-state index is 12.4. The Morgan fingerprint density at radius 1 is 1.60 bits per heavy atom. The lowest BCUT2D eigenvalue weighted by Crippen LogP contribution is -2.22. The van der Waals surface area contributed by atoms with Gasteiger partial charge in [0.15, 0.2) is 0 Å². The number of alkyl halides is 2. The van der Waals surface area contributed by atoms with Crippen molar-refractivity contribution in [1.82, 2.24) is 4.98 Å². The molecule has 0 bridgehead atoms. The molecule has 0 radical (unpaired) electrons. The summed E-state index contributed by atoms with van der Waals surface area (Å²) < 4.78 is 24.9. The monoisotopic (exact) mass is 234 g/mol. The highest BCUT2D eigenvalue weighted by Gasteiger charge is 2.25. The molecular weight excluding hydrogens is 226 g/mol. The molecule has 0 fully saturated rings. The van der Waals surface area contributed by atoms with Gasteiger partial charge in [-0.15, -0.1) is 0 Å². The molecule has 0 saturated carbocycles. The van der Waals surface area contributed by atoms with Crippen LogP contribution in [0.3, 0.4) is 0 Å². The Kier molecular flexibility index (Phi) is 3.57. The average Bonchev–Trinajstić information content (AvgIpc) is 1.99. The van der Waals surface area contributed by atoms with Gasteiger partial charge in [-0.2, -0.15) is 0 Å². The molecule has 1 N–H and O–H groups in total. The fourth-order valence-electron chi connectivity index (χ4n) is 0.947. The van der Waals surface area contributed by atoms with E-state index in [1.165, 1.54) is 12.1 Å². The minimum absolute atomic E-state index is 0.164. The zero-order valence-electron chi connectivity index (χ0n) is 7.93. The van der Waals surface area contributed by atoms with E-state index in [0.717, 1.165) is 0 Å². The molecule has 1 heterocycles. The number of halogens is 3. The van der Waals surface area contributed by atoms with E-state index in [2.05, 4.69) is 10.3 Å². The maximum Gasteiger partial charge on any atom is 0.254 e. The molecule has 0 spiro atoms. The minimum atomic E-state index is -3.03. The molecule has 1 rings (SSSR count). The van der Waals surface area contributed by atoms with Crippen LogP contribution in [0, 0.1) is 0 Å². The molecule has 82 valence electrons. The highest BCUT2D eigenvalue weighted by Crippen LogP contribution is 2.17. The normalized spacial score (nSPS) is 11.2. The Balaban J connectivity index is 2.59. The lowest BCUT2D eigenvalue weighted by Gasteiger charge is -2.09. The molecule has 3 nitrogen and oxygen atoms in total. The largest absolute Gasteiger partial charge is 0.310 e. The van der Waals surface area contributed by atoms with Crippen molar-refractivity contribution in [1.29, 1.82) is 0 Å². The van der Waals surface area contributed by atoms with Crippen LogP contribution in [0.4, 0.5) is 14.6 Å². The summed E-state index contributed by atoms with van der Waals surface area (Å²) >= 11 is 5.55. The van der Waals surface area contributed by atoms with Crippen LogP contribution < -0.4 is 5.32 Å². The van der Waals surface area contributed by atoms with Gasteiger partial charge < -0.3 is 5.32 Å². The second kappa shape index (κ2) is 4.53. The molecule has 0 aliphatic heterocycles. The highest BCUT2D eigenvalue weighted by atomic mass is 35.5. The van der Waals surface area contributed by atoms with E-state index in [9.17, 15) is 13.6 Å². The Hall–Kier alpha value is -1.23. The fraction of sp³-hybridized carbons (Fsp3) is 0.333. The number of nitrogens with one attached hydrogen (secondary N) is 1. The van der Waals surface area contributed by atoms with Gasteiger partial charge in [0.2, 0.25) is 5.91 Å². The SMILES string of the molecule is CC(F)(F)CC(=O)Nc1cccc(Cl)n1. The second-order valence-electron chi connectivity index (χ2n) is 3.14. The smallest absolute Gasteiger partial charge is 0.254 e. The molecule has 6 heteroatoms. The van der Waals surface area contributed by atoms with Crippen molar-refractivity contribution in [3.8, 4) is 0 Å². The molecular formula is C9H9ClF2N2O. The first-order chi connectivity index (χ1) is 6.87. The van der Waals surface area contributed by atoms with Crippen LogP contribution in [0.1, 0.15) is 13.3 Å². The van der Waals surface area contributed by atoms with Crippen molar-refractivity contribution < 1.29 is 13.6 Å². The lowest BCUT2D eigenvalue weighted by molar-refractivity contribution is -0.122. The quantitative estimate of drug-likeness (QED) is 0.817. The summed E-state index contributed by atoms with van der Waals surface area (Å²) in [6, 6.07) is 4.55. The molecule has 0 unspecified atom stereocenters. The Labute approximate surface area is 90.5 Å². The number of amides is 1. The van der Waals surface area contributed by atoms with Crippen molar-refractivity contribution in [3.63, 3.8) is 0 Å². The fourth-order valence-corrected chi connectivity index (χ4v) is 1.11. The molecule has 1 aromatic rings. The number of aromatic nitrogens is 1. The van der Waals surface area contributed by atoms with Gasteiger partial charge >= 0.3 is 0 Å². The summed E-state index contributed by atoms with van der Waals surface area (Å²) in [7, 11) is 0. The number of rotatable bonds is 3. The first-order valence-corrected chi connectivity index (χ1v) is 4.55. The molecule has 0 aliphatic carbocycles. The van der Waals surface area contributed by atoms with Crippen LogP contribution in [0.25, 0.3) is 0 Å². The van der Waals surface area contributed by atoms with Crippen LogP contribution in [0.15, 0.2) is 18.2 Å². The topological polar surface area (TPSA) is 42.0 Å². The van der Waals surface area contributed by atoms with Gasteiger partial charge in [0.1, 0.15) is 11.0 Å². The van der Waals surface area contributed by atoms with Gasteiger partial charge in [-0.05, 0) is 19.1 Å². The molecule has 0 atom stereocenters. The average molecular weight is 235 g/mol. The Morgan fingerprint density at radius 2 is 2.27 bits per heavy atom. The van der Waals surface area contributed by atoms with Crippen LogP contribution >= 0.6 is 11.6 Å². The Morgan fingerprint density at radius 3 is 2.80 bits per heavy atom. The van der Waals surface area contributed by atoms with Crippen molar-refractivity contribution >= 4 is 23.3 Å². The van der Waals surface area contributed by atoms with E-state index in [0.29, 0.717) is 6.92 Å². The van der Waals surface area contributed by atoms with Crippen LogP contribution in [-0.4, -0.2) is 16.8 Å². The number of anilines is 1. The van der Waals surface area contributed by atoms with Crippen LogP contribution in [-0.2, 0) is 4.79 Å². The van der Waals surface area contributed by atoms with E-state index in [1.54, 1.807) is 6.07 Å². The molecule has 0 aromatic carbocycles. The summed E-state index contributed by atoms with van der Waals surface area (Å²) in [5.41, 5.74) is 0. The third-order valence-electron chi connectivity index (χ3n) is 1.45. The van der Waals surface area contributed by atoms with Crippen molar-refractivity contribution in [2.75, 3.05) is 5.32 Å². The van der Waals surface area contributed by atoms with Crippen LogP contribution in [0.2, 0.25) is 5.15 Å². The summed E-state index contributed by atoms with van der Waals surface area (Å²) in [4.78, 5) is 14.8. The molecule has 0 aliphatic rings. The number of carbonyl (C=O) groups excluding carboxylic acids is 1. The van der Waals surface area contributed by atoms with Gasteiger partial charge in [-0.25, -0.2) is 13.8 Å². The van der Waals surface area contributed by atoms with E-state index in [4.69, 9.17) is 11.6 Å². The van der Waals surface area contributed by atoms with Crippen LogP contribution in [0.5, 0.6) is 0 Å². The van der Waals surface area contributed by atoms with E-state index in [1.807, 2.05) is 0 Å². The zero-order valence-corrected chi connectivity index (χ0v) is 8.68.